The monoisotopic (exact) mass is 357 g/mol. The third kappa shape index (κ3) is 4.64. The maximum Gasteiger partial charge on any atom is 0.352 e. The van der Waals surface area contributed by atoms with Gasteiger partial charge in [-0.2, -0.15) is 0 Å². The van der Waals surface area contributed by atoms with Gasteiger partial charge in [-0.05, 0) is 18.2 Å². The van der Waals surface area contributed by atoms with Gasteiger partial charge in [-0.3, -0.25) is 0 Å². The van der Waals surface area contributed by atoms with Crippen LogP contribution in [0.4, 0.5) is 0 Å². The van der Waals surface area contributed by atoms with Gasteiger partial charge in [-0.15, -0.1) is 0 Å². The first-order valence-corrected chi connectivity index (χ1v) is 7.37. The second-order valence-corrected chi connectivity index (χ2v) is 5.53. The van der Waals surface area contributed by atoms with Crippen molar-refractivity contribution in [3.63, 3.8) is 0 Å². The van der Waals surface area contributed by atoms with Crippen LogP contribution in [0.15, 0.2) is 41.8 Å². The minimum atomic E-state index is -1.30. The van der Waals surface area contributed by atoms with Crippen molar-refractivity contribution in [3.05, 3.63) is 51.9 Å². The predicted octanol–water partition coefficient (Wildman–Crippen LogP) is 3.01. The summed E-state index contributed by atoms with van der Waals surface area (Å²) in [7, 11) is 0. The standard InChI is InChI=1S/C15H13Cl2NO5/c16-11-2-1-10(7-12(11)17)23-9-3-5-18(6-4-9)13(15(21)22)8-14(19)20/h1-3,7-8H,4-6H2,(H,19,20)(H,21,22)/b13-8+. The lowest BCUT2D eigenvalue weighted by atomic mass is 10.2. The maximum atomic E-state index is 11.1. The zero-order valence-electron chi connectivity index (χ0n) is 11.8. The van der Waals surface area contributed by atoms with Gasteiger partial charge in [0.25, 0.3) is 0 Å². The average molecular weight is 358 g/mol. The van der Waals surface area contributed by atoms with E-state index < -0.39 is 11.9 Å². The van der Waals surface area contributed by atoms with E-state index in [1.54, 1.807) is 24.3 Å². The van der Waals surface area contributed by atoms with E-state index in [1.807, 2.05) is 0 Å². The molecule has 1 heterocycles. The minimum absolute atomic E-state index is 0.238. The van der Waals surface area contributed by atoms with E-state index in [4.69, 9.17) is 38.2 Å². The highest BCUT2D eigenvalue weighted by atomic mass is 35.5. The van der Waals surface area contributed by atoms with Crippen LogP contribution in [0.1, 0.15) is 6.42 Å². The van der Waals surface area contributed by atoms with Crippen LogP contribution >= 0.6 is 23.2 Å². The van der Waals surface area contributed by atoms with Crippen molar-refractivity contribution >= 4 is 35.1 Å². The second kappa shape index (κ2) is 7.39. The molecule has 2 N–H and O–H groups in total. The van der Waals surface area contributed by atoms with Crippen molar-refractivity contribution in [2.24, 2.45) is 0 Å². The van der Waals surface area contributed by atoms with Gasteiger partial charge in [0.1, 0.15) is 17.2 Å². The van der Waals surface area contributed by atoms with Gasteiger partial charge >= 0.3 is 11.9 Å². The molecule has 2 rings (SSSR count). The first-order chi connectivity index (χ1) is 10.9. The molecule has 122 valence electrons. The number of aliphatic carboxylic acids is 2. The summed E-state index contributed by atoms with van der Waals surface area (Å²) in [5, 5.41) is 18.6. The summed E-state index contributed by atoms with van der Waals surface area (Å²) in [4.78, 5) is 23.3. The number of nitrogens with zero attached hydrogens (tertiary/aromatic N) is 1. The van der Waals surface area contributed by atoms with E-state index in [0.29, 0.717) is 40.6 Å². The third-order valence-electron chi connectivity index (χ3n) is 3.13. The van der Waals surface area contributed by atoms with Crippen LogP contribution < -0.4 is 4.74 Å². The fourth-order valence-electron chi connectivity index (χ4n) is 2.06. The van der Waals surface area contributed by atoms with E-state index in [2.05, 4.69) is 0 Å². The smallest absolute Gasteiger partial charge is 0.352 e. The molecule has 0 saturated heterocycles. The molecule has 1 aromatic rings. The predicted molar refractivity (Wildman–Crippen MR) is 84.7 cm³/mol. The summed E-state index contributed by atoms with van der Waals surface area (Å²) >= 11 is 11.7. The number of hydrogen-bond acceptors (Lipinski definition) is 4. The molecule has 0 aliphatic carbocycles. The highest BCUT2D eigenvalue weighted by Gasteiger charge is 2.21. The first kappa shape index (κ1) is 17.2. The Kier molecular flexibility index (Phi) is 5.52. The molecule has 1 aliphatic rings. The Bertz CT molecular complexity index is 699. The van der Waals surface area contributed by atoms with Crippen LogP contribution in [0.3, 0.4) is 0 Å². The highest BCUT2D eigenvalue weighted by molar-refractivity contribution is 6.42. The summed E-state index contributed by atoms with van der Waals surface area (Å²) in [5.41, 5.74) is -0.262. The van der Waals surface area contributed by atoms with Crippen molar-refractivity contribution in [2.75, 3.05) is 13.1 Å². The van der Waals surface area contributed by atoms with Crippen molar-refractivity contribution in [1.29, 1.82) is 0 Å². The molecule has 0 spiro atoms. The van der Waals surface area contributed by atoms with Gasteiger partial charge < -0.3 is 19.8 Å². The Morgan fingerprint density at radius 3 is 2.48 bits per heavy atom. The number of carboxylic acid groups (broad SMARTS) is 2. The van der Waals surface area contributed by atoms with Crippen LogP contribution in [-0.4, -0.2) is 40.1 Å². The zero-order chi connectivity index (χ0) is 17.0. The van der Waals surface area contributed by atoms with Crippen LogP contribution in [-0.2, 0) is 9.59 Å². The lowest BCUT2D eigenvalue weighted by Crippen LogP contribution is -2.33. The van der Waals surface area contributed by atoms with Gasteiger partial charge in [0.05, 0.1) is 16.1 Å². The topological polar surface area (TPSA) is 87.1 Å². The molecule has 1 aliphatic heterocycles. The molecule has 23 heavy (non-hydrogen) atoms. The van der Waals surface area contributed by atoms with E-state index >= 15 is 0 Å². The average Bonchev–Trinajstić information content (AvgIpc) is 2.49. The zero-order valence-corrected chi connectivity index (χ0v) is 13.3. The second-order valence-electron chi connectivity index (χ2n) is 4.72. The number of hydrogen-bond donors (Lipinski definition) is 2. The SMILES string of the molecule is O=C(O)/C=C(\C(=O)O)N1CC=C(Oc2ccc(Cl)c(Cl)c2)CC1. The van der Waals surface area contributed by atoms with Crippen molar-refractivity contribution in [3.8, 4) is 5.75 Å². The lowest BCUT2D eigenvalue weighted by Gasteiger charge is -2.28. The molecule has 0 bridgehead atoms. The van der Waals surface area contributed by atoms with Crippen molar-refractivity contribution < 1.29 is 24.5 Å². The summed E-state index contributed by atoms with van der Waals surface area (Å²) in [6.45, 7) is 0.570. The summed E-state index contributed by atoms with van der Waals surface area (Å²) < 4.78 is 5.67. The van der Waals surface area contributed by atoms with Crippen LogP contribution in [0.2, 0.25) is 10.0 Å². The minimum Gasteiger partial charge on any atom is -0.478 e. The summed E-state index contributed by atoms with van der Waals surface area (Å²) in [6, 6.07) is 4.88. The highest BCUT2D eigenvalue weighted by Crippen LogP contribution is 2.28. The number of halogens is 2. The molecule has 0 saturated carbocycles. The number of carbonyl (C=O) groups is 2. The molecule has 8 heteroatoms. The Morgan fingerprint density at radius 1 is 1.22 bits per heavy atom. The number of carboxylic acids is 2. The molecule has 6 nitrogen and oxygen atoms in total. The lowest BCUT2D eigenvalue weighted by molar-refractivity contribution is -0.136. The Morgan fingerprint density at radius 2 is 1.96 bits per heavy atom. The molecule has 0 atom stereocenters. The van der Waals surface area contributed by atoms with Crippen LogP contribution in [0.5, 0.6) is 5.75 Å². The van der Waals surface area contributed by atoms with Gasteiger partial charge in [-0.1, -0.05) is 23.2 Å². The van der Waals surface area contributed by atoms with E-state index in [1.165, 1.54) is 4.90 Å². The number of ether oxygens (including phenoxy) is 1. The Hall–Kier alpha value is -2.18. The van der Waals surface area contributed by atoms with Gasteiger partial charge in [0.15, 0.2) is 0 Å². The Balaban J connectivity index is 2.07. The fourth-order valence-corrected chi connectivity index (χ4v) is 2.35. The first-order valence-electron chi connectivity index (χ1n) is 6.61. The van der Waals surface area contributed by atoms with Gasteiger partial charge in [-0.25, -0.2) is 9.59 Å². The quantitative estimate of drug-likeness (QED) is 0.787. The number of benzene rings is 1. The van der Waals surface area contributed by atoms with E-state index in [0.717, 1.165) is 0 Å². The fraction of sp³-hybridized carbons (Fsp3) is 0.200. The molecule has 1 aromatic carbocycles. The molecular weight excluding hydrogens is 345 g/mol. The van der Waals surface area contributed by atoms with E-state index in [-0.39, 0.29) is 12.2 Å². The maximum absolute atomic E-state index is 11.1. The molecule has 0 fully saturated rings. The molecule has 0 aromatic heterocycles. The van der Waals surface area contributed by atoms with Gasteiger partial charge in [0.2, 0.25) is 0 Å². The normalized spacial score (nSPS) is 15.1. The third-order valence-corrected chi connectivity index (χ3v) is 3.87. The largest absolute Gasteiger partial charge is 0.478 e. The summed E-state index contributed by atoms with van der Waals surface area (Å²) in [5.74, 6) is -1.41. The van der Waals surface area contributed by atoms with Crippen LogP contribution in [0.25, 0.3) is 0 Å². The number of rotatable bonds is 5. The molecule has 0 amide bonds. The van der Waals surface area contributed by atoms with Crippen molar-refractivity contribution in [1.82, 2.24) is 4.90 Å². The molecular formula is C15H13Cl2NO5. The van der Waals surface area contributed by atoms with E-state index in [9.17, 15) is 9.59 Å². The van der Waals surface area contributed by atoms with Crippen molar-refractivity contribution in [2.45, 2.75) is 6.42 Å². The summed E-state index contributed by atoms with van der Waals surface area (Å²) in [6.07, 6.45) is 2.82. The van der Waals surface area contributed by atoms with Crippen LogP contribution in [0, 0.1) is 0 Å². The Labute approximate surface area is 142 Å². The van der Waals surface area contributed by atoms with Gasteiger partial charge in [0, 0.05) is 25.6 Å². The molecule has 0 radical (unpaired) electrons. The molecule has 0 unspecified atom stereocenters.